The topological polar surface area (TPSA) is 90.2 Å². The van der Waals surface area contributed by atoms with E-state index in [-0.39, 0.29) is 17.5 Å². The quantitative estimate of drug-likeness (QED) is 0.638. The average Bonchev–Trinajstić information content (AvgIpc) is 2.78. The molecule has 9 heteroatoms. The maximum atomic E-state index is 13.3. The molecule has 0 fully saturated rings. The van der Waals surface area contributed by atoms with Crippen LogP contribution in [0.15, 0.2) is 47.7 Å². The molecule has 0 spiro atoms. The Morgan fingerprint density at radius 1 is 1.27 bits per heavy atom. The zero-order valence-electron chi connectivity index (χ0n) is 16.6. The monoisotopic (exact) mass is 425 g/mol. The molecule has 8 nitrogen and oxygen atoms in total. The van der Waals surface area contributed by atoms with Crippen LogP contribution in [0.2, 0.25) is 5.02 Å². The Morgan fingerprint density at radius 2 is 2.10 bits per heavy atom. The molecule has 30 heavy (non-hydrogen) atoms. The molecule has 0 saturated carbocycles. The Morgan fingerprint density at radius 3 is 2.83 bits per heavy atom. The number of hydrogen-bond acceptors (Lipinski definition) is 6. The minimum absolute atomic E-state index is 0.164. The van der Waals surface area contributed by atoms with Crippen LogP contribution in [-0.4, -0.2) is 44.5 Å². The predicted octanol–water partition coefficient (Wildman–Crippen LogP) is 2.97. The van der Waals surface area contributed by atoms with Gasteiger partial charge in [-0.2, -0.15) is 0 Å². The Labute approximate surface area is 178 Å². The lowest BCUT2D eigenvalue weighted by Gasteiger charge is -2.33. The van der Waals surface area contributed by atoms with Crippen LogP contribution in [0.4, 0.5) is 0 Å². The molecule has 4 rings (SSSR count). The van der Waals surface area contributed by atoms with Gasteiger partial charge in [-0.15, -0.1) is 0 Å². The van der Waals surface area contributed by atoms with Gasteiger partial charge in [0.25, 0.3) is 11.5 Å². The first-order chi connectivity index (χ1) is 14.5. The second kappa shape index (κ2) is 8.23. The molecular weight excluding hydrogens is 406 g/mol. The van der Waals surface area contributed by atoms with E-state index in [1.807, 2.05) is 0 Å². The molecule has 2 aromatic heterocycles. The largest absolute Gasteiger partial charge is 0.496 e. The zero-order chi connectivity index (χ0) is 21.3. The fourth-order valence-corrected chi connectivity index (χ4v) is 3.85. The second-order valence-electron chi connectivity index (χ2n) is 7.00. The summed E-state index contributed by atoms with van der Waals surface area (Å²) in [7, 11) is 3.20. The Kier molecular flexibility index (Phi) is 5.50. The molecular formula is C21H20ClN5O3. The summed E-state index contributed by atoms with van der Waals surface area (Å²) in [6.45, 7) is 0.564. The highest BCUT2D eigenvalue weighted by Crippen LogP contribution is 2.32. The number of nitrogens with zero attached hydrogens (tertiary/aromatic N) is 5. The van der Waals surface area contributed by atoms with E-state index in [1.54, 1.807) is 47.0 Å². The summed E-state index contributed by atoms with van der Waals surface area (Å²) < 4.78 is 6.96. The molecule has 3 heterocycles. The van der Waals surface area contributed by atoms with Crippen LogP contribution in [0.1, 0.15) is 35.1 Å². The molecule has 1 aliphatic heterocycles. The van der Waals surface area contributed by atoms with Crippen molar-refractivity contribution in [3.63, 3.8) is 0 Å². The molecule has 154 valence electrons. The molecule has 1 amide bonds. The predicted molar refractivity (Wildman–Crippen MR) is 112 cm³/mol. The molecule has 0 bridgehead atoms. The molecule has 0 N–H and O–H groups in total. The number of ether oxygens (including phenoxy) is 1. The van der Waals surface area contributed by atoms with Gasteiger partial charge < -0.3 is 9.64 Å². The van der Waals surface area contributed by atoms with Crippen molar-refractivity contribution in [3.05, 3.63) is 69.6 Å². The number of amides is 1. The smallest absolute Gasteiger partial charge is 0.257 e. The van der Waals surface area contributed by atoms with E-state index < -0.39 is 0 Å². The van der Waals surface area contributed by atoms with Gasteiger partial charge in [-0.05, 0) is 37.1 Å². The second-order valence-corrected chi connectivity index (χ2v) is 7.44. The summed E-state index contributed by atoms with van der Waals surface area (Å²) in [5.41, 5.74) is 1.26. The van der Waals surface area contributed by atoms with Crippen molar-refractivity contribution in [3.8, 4) is 17.1 Å². The number of carbonyl (C=O) groups excluding carboxylic acids is 1. The van der Waals surface area contributed by atoms with Gasteiger partial charge in [0.2, 0.25) is 0 Å². The average molecular weight is 426 g/mol. The maximum absolute atomic E-state index is 13.3. The van der Waals surface area contributed by atoms with Gasteiger partial charge >= 0.3 is 0 Å². The fourth-order valence-electron chi connectivity index (χ4n) is 3.69. The minimum atomic E-state index is -0.360. The third kappa shape index (κ3) is 3.66. The zero-order valence-corrected chi connectivity index (χ0v) is 17.3. The fraction of sp³-hybridized carbons (Fsp3) is 0.286. The van der Waals surface area contributed by atoms with E-state index in [2.05, 4.69) is 9.97 Å². The van der Waals surface area contributed by atoms with Crippen molar-refractivity contribution in [1.82, 2.24) is 24.4 Å². The summed E-state index contributed by atoms with van der Waals surface area (Å²) in [5, 5.41) is 0.483. The van der Waals surface area contributed by atoms with Crippen molar-refractivity contribution >= 4 is 17.5 Å². The molecule has 0 saturated heterocycles. The van der Waals surface area contributed by atoms with Crippen LogP contribution in [0.5, 0.6) is 5.75 Å². The molecule has 1 aliphatic rings. The summed E-state index contributed by atoms with van der Waals surface area (Å²) in [4.78, 5) is 40.4. The summed E-state index contributed by atoms with van der Waals surface area (Å²) in [6.07, 6.45) is 4.47. The van der Waals surface area contributed by atoms with Crippen LogP contribution in [0.3, 0.4) is 0 Å². The standard InChI is InChI=1S/C21H20ClN5O3/c1-26(21(29)14-6-5-13(22)10-18(14)30-2)17-4-3-9-27-19(28)11-16(25-20(17)27)15-7-8-23-12-24-15/h5-8,10-12,17H,3-4,9H2,1-2H3. The normalized spacial score (nSPS) is 15.4. The Bertz CT molecular complexity index is 1150. The molecule has 0 aliphatic carbocycles. The van der Waals surface area contributed by atoms with Crippen LogP contribution >= 0.6 is 11.6 Å². The third-order valence-electron chi connectivity index (χ3n) is 5.22. The van der Waals surface area contributed by atoms with Crippen LogP contribution in [-0.2, 0) is 6.54 Å². The number of methoxy groups -OCH3 is 1. The highest BCUT2D eigenvalue weighted by Gasteiger charge is 2.31. The van der Waals surface area contributed by atoms with Gasteiger partial charge in [0, 0.05) is 30.9 Å². The molecule has 1 atom stereocenters. The first kappa shape index (κ1) is 20.0. The van der Waals surface area contributed by atoms with E-state index >= 15 is 0 Å². The summed E-state index contributed by atoms with van der Waals surface area (Å²) in [5.74, 6) is 0.713. The van der Waals surface area contributed by atoms with E-state index in [0.29, 0.717) is 46.5 Å². The molecule has 1 unspecified atom stereocenters. The van der Waals surface area contributed by atoms with E-state index in [0.717, 1.165) is 6.42 Å². The van der Waals surface area contributed by atoms with E-state index in [1.165, 1.54) is 19.5 Å². The van der Waals surface area contributed by atoms with Crippen molar-refractivity contribution in [2.24, 2.45) is 0 Å². The molecule has 1 aromatic carbocycles. The number of aromatic nitrogens is 4. The number of hydrogen-bond donors (Lipinski definition) is 0. The van der Waals surface area contributed by atoms with Gasteiger partial charge in [-0.25, -0.2) is 15.0 Å². The van der Waals surface area contributed by atoms with Crippen LogP contribution < -0.4 is 10.3 Å². The first-order valence-corrected chi connectivity index (χ1v) is 9.86. The van der Waals surface area contributed by atoms with Crippen molar-refractivity contribution in [1.29, 1.82) is 0 Å². The minimum Gasteiger partial charge on any atom is -0.496 e. The number of benzene rings is 1. The summed E-state index contributed by atoms with van der Waals surface area (Å²) in [6, 6.07) is 7.70. The number of rotatable bonds is 4. The highest BCUT2D eigenvalue weighted by molar-refractivity contribution is 6.30. The SMILES string of the molecule is COc1cc(Cl)ccc1C(=O)N(C)C1CCCn2c1nc(-c1ccncn1)cc2=O. The van der Waals surface area contributed by atoms with Gasteiger partial charge in [0.05, 0.1) is 30.1 Å². The van der Waals surface area contributed by atoms with Crippen molar-refractivity contribution < 1.29 is 9.53 Å². The van der Waals surface area contributed by atoms with Crippen molar-refractivity contribution in [2.45, 2.75) is 25.4 Å². The van der Waals surface area contributed by atoms with Gasteiger partial charge in [-0.1, -0.05) is 11.6 Å². The van der Waals surface area contributed by atoms with Crippen LogP contribution in [0.25, 0.3) is 11.4 Å². The number of fused-ring (bicyclic) bond motifs is 1. The number of carbonyl (C=O) groups is 1. The van der Waals surface area contributed by atoms with Crippen molar-refractivity contribution in [2.75, 3.05) is 14.2 Å². The Balaban J connectivity index is 1.74. The maximum Gasteiger partial charge on any atom is 0.257 e. The third-order valence-corrected chi connectivity index (χ3v) is 5.46. The lowest BCUT2D eigenvalue weighted by atomic mass is 10.0. The lowest BCUT2D eigenvalue weighted by Crippen LogP contribution is -2.39. The number of halogens is 1. The van der Waals surface area contributed by atoms with Gasteiger partial charge in [0.1, 0.15) is 17.9 Å². The van der Waals surface area contributed by atoms with Gasteiger partial charge in [-0.3, -0.25) is 14.2 Å². The first-order valence-electron chi connectivity index (χ1n) is 9.48. The van der Waals surface area contributed by atoms with E-state index in [4.69, 9.17) is 21.3 Å². The van der Waals surface area contributed by atoms with Crippen LogP contribution in [0, 0.1) is 0 Å². The molecule has 0 radical (unpaired) electrons. The van der Waals surface area contributed by atoms with Gasteiger partial charge in [0.15, 0.2) is 0 Å². The Hall–Kier alpha value is -3.26. The lowest BCUT2D eigenvalue weighted by molar-refractivity contribution is 0.0691. The highest BCUT2D eigenvalue weighted by atomic mass is 35.5. The summed E-state index contributed by atoms with van der Waals surface area (Å²) >= 11 is 6.03. The molecule has 3 aromatic rings. The van der Waals surface area contributed by atoms with E-state index in [9.17, 15) is 9.59 Å².